The van der Waals surface area contributed by atoms with Crippen LogP contribution in [-0.4, -0.2) is 24.0 Å². The van der Waals surface area contributed by atoms with Gasteiger partial charge in [0.2, 0.25) is 0 Å². The zero-order valence-electron chi connectivity index (χ0n) is 15.6. The Morgan fingerprint density at radius 2 is 1.62 bits per heavy atom. The Morgan fingerprint density at radius 1 is 0.962 bits per heavy atom. The number of carbonyl (C=O) groups excluding carboxylic acids is 1. The second-order valence-corrected chi connectivity index (χ2v) is 7.11. The first-order valence-corrected chi connectivity index (χ1v) is 9.60. The number of hydrogen-bond donors (Lipinski definition) is 2. The number of likely N-dealkylation sites (tertiary alicyclic amines) is 1. The van der Waals surface area contributed by atoms with E-state index in [1.165, 1.54) is 37.9 Å². The van der Waals surface area contributed by atoms with Gasteiger partial charge in [0.15, 0.2) is 0 Å². The van der Waals surface area contributed by atoms with Crippen molar-refractivity contribution in [2.75, 3.05) is 13.1 Å². The predicted octanol–water partition coefficient (Wildman–Crippen LogP) is 4.23. The maximum absolute atomic E-state index is 12.1. The Hall–Kier alpha value is -2.33. The number of nitrogens with one attached hydrogen (secondary N) is 2. The minimum absolute atomic E-state index is 0.0110. The molecule has 0 aliphatic carbocycles. The summed E-state index contributed by atoms with van der Waals surface area (Å²) in [5, 5.41) is 5.92. The van der Waals surface area contributed by atoms with E-state index in [1.54, 1.807) is 0 Å². The molecule has 0 spiro atoms. The maximum Gasteiger partial charge on any atom is 0.315 e. The summed E-state index contributed by atoms with van der Waals surface area (Å²) in [6.45, 7) is 5.98. The Balaban J connectivity index is 1.43. The molecule has 0 aromatic heterocycles. The van der Waals surface area contributed by atoms with Crippen LogP contribution in [0.15, 0.2) is 54.6 Å². The first-order valence-electron chi connectivity index (χ1n) is 9.60. The minimum Gasteiger partial charge on any atom is -0.334 e. The van der Waals surface area contributed by atoms with Gasteiger partial charge in [-0.05, 0) is 49.5 Å². The van der Waals surface area contributed by atoms with Crippen LogP contribution in [0.25, 0.3) is 0 Å². The predicted molar refractivity (Wildman–Crippen MR) is 106 cm³/mol. The van der Waals surface area contributed by atoms with E-state index in [2.05, 4.69) is 39.8 Å². The van der Waals surface area contributed by atoms with Gasteiger partial charge in [-0.2, -0.15) is 0 Å². The summed E-state index contributed by atoms with van der Waals surface area (Å²) < 4.78 is 0. The van der Waals surface area contributed by atoms with Crippen LogP contribution in [0, 0.1) is 0 Å². The normalized spacial score (nSPS) is 16.0. The lowest BCUT2D eigenvalue weighted by Crippen LogP contribution is -2.36. The zero-order chi connectivity index (χ0) is 18.2. The molecule has 2 aromatic carbocycles. The topological polar surface area (TPSA) is 44.4 Å². The van der Waals surface area contributed by atoms with Gasteiger partial charge in [0.1, 0.15) is 0 Å². The average Bonchev–Trinajstić information content (AvgIpc) is 2.69. The summed E-state index contributed by atoms with van der Waals surface area (Å²) in [4.78, 5) is 14.6. The van der Waals surface area contributed by atoms with Crippen molar-refractivity contribution in [3.63, 3.8) is 0 Å². The fourth-order valence-electron chi connectivity index (χ4n) is 3.39. The number of nitrogens with zero attached hydrogens (tertiary/aromatic N) is 1. The lowest BCUT2D eigenvalue weighted by Gasteiger charge is -2.26. The molecule has 1 atom stereocenters. The number of carbonyl (C=O) groups is 1. The van der Waals surface area contributed by atoms with E-state index < -0.39 is 0 Å². The van der Waals surface area contributed by atoms with Crippen molar-refractivity contribution in [3.8, 4) is 0 Å². The van der Waals surface area contributed by atoms with Crippen LogP contribution >= 0.6 is 0 Å². The molecule has 2 amide bonds. The Bertz CT molecular complexity index is 678. The Kier molecular flexibility index (Phi) is 6.67. The number of benzene rings is 2. The molecule has 0 unspecified atom stereocenters. The highest BCUT2D eigenvalue weighted by molar-refractivity contribution is 5.74. The zero-order valence-corrected chi connectivity index (χ0v) is 15.6. The number of piperidine rings is 1. The highest BCUT2D eigenvalue weighted by Crippen LogP contribution is 2.14. The van der Waals surface area contributed by atoms with Crippen LogP contribution in [-0.2, 0) is 13.1 Å². The number of hydrogen-bond acceptors (Lipinski definition) is 2. The van der Waals surface area contributed by atoms with Gasteiger partial charge in [-0.25, -0.2) is 4.79 Å². The third-order valence-electron chi connectivity index (χ3n) is 4.98. The van der Waals surface area contributed by atoms with E-state index in [-0.39, 0.29) is 12.1 Å². The Morgan fingerprint density at radius 3 is 2.31 bits per heavy atom. The van der Waals surface area contributed by atoms with E-state index in [0.29, 0.717) is 6.54 Å². The molecule has 4 heteroatoms. The molecule has 3 rings (SSSR count). The molecule has 1 fully saturated rings. The summed E-state index contributed by atoms with van der Waals surface area (Å²) >= 11 is 0. The third kappa shape index (κ3) is 5.60. The van der Waals surface area contributed by atoms with E-state index in [1.807, 2.05) is 37.3 Å². The largest absolute Gasteiger partial charge is 0.334 e. The minimum atomic E-state index is -0.140. The monoisotopic (exact) mass is 351 g/mol. The van der Waals surface area contributed by atoms with E-state index in [9.17, 15) is 4.79 Å². The van der Waals surface area contributed by atoms with Crippen LogP contribution in [0.1, 0.15) is 48.9 Å². The van der Waals surface area contributed by atoms with Crippen molar-refractivity contribution < 1.29 is 4.79 Å². The van der Waals surface area contributed by atoms with E-state index in [0.717, 1.165) is 17.7 Å². The summed E-state index contributed by atoms with van der Waals surface area (Å²) in [6, 6.07) is 18.4. The second-order valence-electron chi connectivity index (χ2n) is 7.11. The van der Waals surface area contributed by atoms with Crippen molar-refractivity contribution in [3.05, 3.63) is 71.3 Å². The average molecular weight is 351 g/mol. The van der Waals surface area contributed by atoms with Crippen molar-refractivity contribution in [1.29, 1.82) is 0 Å². The van der Waals surface area contributed by atoms with Crippen LogP contribution in [0.2, 0.25) is 0 Å². The number of rotatable bonds is 6. The molecule has 1 aliphatic rings. The molecule has 0 saturated carbocycles. The maximum atomic E-state index is 12.1. The molecule has 1 aliphatic heterocycles. The lowest BCUT2D eigenvalue weighted by atomic mass is 10.1. The fourth-order valence-corrected chi connectivity index (χ4v) is 3.39. The Labute approximate surface area is 156 Å². The van der Waals surface area contributed by atoms with Gasteiger partial charge in [-0.1, -0.05) is 61.0 Å². The quantitative estimate of drug-likeness (QED) is 0.818. The third-order valence-corrected chi connectivity index (χ3v) is 4.98. The van der Waals surface area contributed by atoms with Crippen molar-refractivity contribution in [2.24, 2.45) is 0 Å². The van der Waals surface area contributed by atoms with Gasteiger partial charge in [0, 0.05) is 13.1 Å². The molecule has 26 heavy (non-hydrogen) atoms. The summed E-state index contributed by atoms with van der Waals surface area (Å²) in [5.74, 6) is 0. The molecular formula is C22H29N3O. The molecule has 1 heterocycles. The van der Waals surface area contributed by atoms with E-state index in [4.69, 9.17) is 0 Å². The van der Waals surface area contributed by atoms with Gasteiger partial charge in [0.05, 0.1) is 6.04 Å². The number of amides is 2. The first kappa shape index (κ1) is 18.5. The fraction of sp³-hybridized carbons (Fsp3) is 0.409. The molecule has 2 aromatic rings. The van der Waals surface area contributed by atoms with Gasteiger partial charge >= 0.3 is 6.03 Å². The highest BCUT2D eigenvalue weighted by Gasteiger charge is 2.11. The van der Waals surface area contributed by atoms with Crippen LogP contribution in [0.3, 0.4) is 0 Å². The molecular weight excluding hydrogens is 322 g/mol. The lowest BCUT2D eigenvalue weighted by molar-refractivity contribution is 0.221. The van der Waals surface area contributed by atoms with E-state index >= 15 is 0 Å². The van der Waals surface area contributed by atoms with Crippen LogP contribution in [0.4, 0.5) is 4.79 Å². The first-order chi connectivity index (χ1) is 12.7. The van der Waals surface area contributed by atoms with Crippen LogP contribution < -0.4 is 10.6 Å². The highest BCUT2D eigenvalue weighted by atomic mass is 16.2. The summed E-state index contributed by atoms with van der Waals surface area (Å²) in [5.41, 5.74) is 3.57. The second kappa shape index (κ2) is 9.39. The molecule has 2 N–H and O–H groups in total. The molecule has 1 saturated heterocycles. The summed E-state index contributed by atoms with van der Waals surface area (Å²) in [6.07, 6.45) is 4.00. The smallest absolute Gasteiger partial charge is 0.315 e. The standard InChI is InChI=1S/C22H29N3O/c1-18(21-8-4-2-5-9-21)24-22(26)23-16-19-10-12-20(13-11-19)17-25-14-6-3-7-15-25/h2,4-5,8-13,18H,3,6-7,14-17H2,1H3,(H2,23,24,26)/t18-/m1/s1. The molecule has 0 radical (unpaired) electrons. The van der Waals surface area contributed by atoms with Crippen molar-refractivity contribution in [1.82, 2.24) is 15.5 Å². The number of urea groups is 1. The van der Waals surface area contributed by atoms with Gasteiger partial charge in [-0.15, -0.1) is 0 Å². The molecule has 138 valence electrons. The SMILES string of the molecule is C[C@@H](NC(=O)NCc1ccc(CN2CCCCC2)cc1)c1ccccc1. The van der Waals surface area contributed by atoms with Gasteiger partial charge < -0.3 is 10.6 Å². The van der Waals surface area contributed by atoms with Crippen LogP contribution in [0.5, 0.6) is 0 Å². The van der Waals surface area contributed by atoms with Gasteiger partial charge in [-0.3, -0.25) is 4.90 Å². The summed E-state index contributed by atoms with van der Waals surface area (Å²) in [7, 11) is 0. The van der Waals surface area contributed by atoms with Crippen molar-refractivity contribution >= 4 is 6.03 Å². The molecule has 4 nitrogen and oxygen atoms in total. The van der Waals surface area contributed by atoms with Crippen molar-refractivity contribution in [2.45, 2.75) is 45.3 Å². The molecule has 0 bridgehead atoms. The van der Waals surface area contributed by atoms with Gasteiger partial charge in [0.25, 0.3) is 0 Å².